The van der Waals surface area contributed by atoms with Crippen LogP contribution in [0.3, 0.4) is 0 Å². The third kappa shape index (κ3) is 4.06. The average molecular weight is 422 g/mol. The summed E-state index contributed by atoms with van der Waals surface area (Å²) >= 11 is 0. The van der Waals surface area contributed by atoms with E-state index < -0.39 is 23.1 Å². The maximum absolute atomic E-state index is 13.7. The summed E-state index contributed by atoms with van der Waals surface area (Å²) in [6, 6.07) is 8.20. The Hall–Kier alpha value is -2.45. The van der Waals surface area contributed by atoms with Crippen LogP contribution in [0.4, 0.5) is 17.6 Å². The lowest BCUT2D eigenvalue weighted by molar-refractivity contribution is -0.137. The fourth-order valence-electron chi connectivity index (χ4n) is 4.11. The molecule has 0 radical (unpaired) electrons. The minimum atomic E-state index is -4.59. The average Bonchev–Trinajstić information content (AvgIpc) is 2.89. The Bertz CT molecular complexity index is 988. The van der Waals surface area contributed by atoms with Gasteiger partial charge in [0.1, 0.15) is 5.82 Å². The second kappa shape index (κ2) is 7.35. The third-order valence-corrected chi connectivity index (χ3v) is 5.60. The van der Waals surface area contributed by atoms with Crippen molar-refractivity contribution in [3.63, 3.8) is 0 Å². The molecule has 2 aliphatic rings. The summed E-state index contributed by atoms with van der Waals surface area (Å²) < 4.78 is 58.5. The maximum atomic E-state index is 13.7. The molecule has 2 heterocycles. The van der Waals surface area contributed by atoms with Gasteiger partial charge in [-0.25, -0.2) is 4.39 Å². The molecule has 0 spiro atoms. The van der Waals surface area contributed by atoms with Gasteiger partial charge in [-0.15, -0.1) is 0 Å². The fourth-order valence-corrected chi connectivity index (χ4v) is 4.11. The monoisotopic (exact) mass is 422 g/mol. The number of morpholine rings is 1. The number of halogens is 4. The second-order valence-electron chi connectivity index (χ2n) is 8.32. The topological polar surface area (TPSA) is 41.6 Å². The summed E-state index contributed by atoms with van der Waals surface area (Å²) in [6.45, 7) is 5.44. The highest BCUT2D eigenvalue weighted by molar-refractivity contribution is 5.99. The van der Waals surface area contributed by atoms with Crippen LogP contribution < -0.4 is 5.32 Å². The number of carbonyl (C=O) groups is 1. The number of alkyl halides is 3. The predicted octanol–water partition coefficient (Wildman–Crippen LogP) is 4.40. The van der Waals surface area contributed by atoms with E-state index in [2.05, 4.69) is 5.32 Å². The summed E-state index contributed by atoms with van der Waals surface area (Å²) in [5.41, 5.74) is 1.24. The van der Waals surface area contributed by atoms with Crippen molar-refractivity contribution < 1.29 is 27.1 Å². The first kappa shape index (κ1) is 20.8. The largest absolute Gasteiger partial charge is 0.416 e. The van der Waals surface area contributed by atoms with Crippen LogP contribution in [0.25, 0.3) is 0 Å². The van der Waals surface area contributed by atoms with Crippen molar-refractivity contribution >= 4 is 5.91 Å². The van der Waals surface area contributed by atoms with Gasteiger partial charge in [0.05, 0.1) is 23.8 Å². The van der Waals surface area contributed by atoms with E-state index in [4.69, 9.17) is 4.74 Å². The smallest absolute Gasteiger partial charge is 0.371 e. The Morgan fingerprint density at radius 3 is 2.70 bits per heavy atom. The van der Waals surface area contributed by atoms with Gasteiger partial charge in [0.2, 0.25) is 0 Å². The van der Waals surface area contributed by atoms with E-state index in [0.29, 0.717) is 31.3 Å². The molecule has 1 N–H and O–H groups in total. The molecule has 2 aromatic rings. The molecular formula is C22H22F4N2O2. The zero-order chi connectivity index (χ0) is 21.7. The molecule has 0 aromatic heterocycles. The van der Waals surface area contributed by atoms with Crippen LogP contribution in [0.5, 0.6) is 0 Å². The molecule has 1 amide bonds. The van der Waals surface area contributed by atoms with Crippen LogP contribution in [0.1, 0.15) is 52.6 Å². The van der Waals surface area contributed by atoms with Gasteiger partial charge in [-0.3, -0.25) is 9.69 Å². The van der Waals surface area contributed by atoms with Crippen LogP contribution in [-0.4, -0.2) is 30.5 Å². The van der Waals surface area contributed by atoms with E-state index in [-0.39, 0.29) is 24.1 Å². The molecule has 0 aliphatic carbocycles. The minimum Gasteiger partial charge on any atom is -0.371 e. The SMILES string of the molecule is CC1(C)NC(=O)c2ccc([C@H]3CN(Cc4cc(F)cc(C(F)(F)F)c4)CCO3)cc21. The molecular weight excluding hydrogens is 400 g/mol. The molecule has 1 atom stereocenters. The molecule has 1 saturated heterocycles. The van der Waals surface area contributed by atoms with Crippen molar-refractivity contribution in [3.05, 3.63) is 70.0 Å². The number of benzene rings is 2. The maximum Gasteiger partial charge on any atom is 0.416 e. The normalized spacial score (nSPS) is 21.4. The third-order valence-electron chi connectivity index (χ3n) is 5.60. The fraction of sp³-hybridized carbons (Fsp3) is 0.409. The molecule has 160 valence electrons. The highest BCUT2D eigenvalue weighted by Crippen LogP contribution is 2.34. The Morgan fingerprint density at radius 1 is 1.20 bits per heavy atom. The van der Waals surface area contributed by atoms with E-state index in [1.807, 2.05) is 30.9 Å². The van der Waals surface area contributed by atoms with Gasteiger partial charge in [-0.05, 0) is 54.8 Å². The van der Waals surface area contributed by atoms with Crippen molar-refractivity contribution in [1.82, 2.24) is 10.2 Å². The molecule has 4 rings (SSSR count). The van der Waals surface area contributed by atoms with Crippen LogP contribution >= 0.6 is 0 Å². The van der Waals surface area contributed by atoms with Gasteiger partial charge in [0, 0.05) is 25.2 Å². The molecule has 2 aliphatic heterocycles. The number of rotatable bonds is 3. The lowest BCUT2D eigenvalue weighted by atomic mass is 9.91. The summed E-state index contributed by atoms with van der Waals surface area (Å²) in [4.78, 5) is 14.0. The van der Waals surface area contributed by atoms with E-state index >= 15 is 0 Å². The number of carbonyl (C=O) groups excluding carboxylic acids is 1. The number of amides is 1. The second-order valence-corrected chi connectivity index (χ2v) is 8.32. The minimum absolute atomic E-state index is 0.112. The highest BCUT2D eigenvalue weighted by Gasteiger charge is 2.36. The van der Waals surface area contributed by atoms with Gasteiger partial charge in [-0.1, -0.05) is 12.1 Å². The molecule has 2 aromatic carbocycles. The molecule has 8 heteroatoms. The van der Waals surface area contributed by atoms with Crippen molar-refractivity contribution in [1.29, 1.82) is 0 Å². The lowest BCUT2D eigenvalue weighted by Crippen LogP contribution is -2.38. The van der Waals surface area contributed by atoms with Crippen LogP contribution in [0.2, 0.25) is 0 Å². The van der Waals surface area contributed by atoms with Crippen LogP contribution in [0.15, 0.2) is 36.4 Å². The molecule has 4 nitrogen and oxygen atoms in total. The zero-order valence-electron chi connectivity index (χ0n) is 16.6. The number of hydrogen-bond acceptors (Lipinski definition) is 3. The quantitative estimate of drug-likeness (QED) is 0.746. The summed E-state index contributed by atoms with van der Waals surface area (Å²) in [7, 11) is 0. The number of ether oxygens (including phenoxy) is 1. The summed E-state index contributed by atoms with van der Waals surface area (Å²) in [5.74, 6) is -1.01. The van der Waals surface area contributed by atoms with E-state index in [0.717, 1.165) is 23.3 Å². The first-order valence-corrected chi connectivity index (χ1v) is 9.70. The molecule has 0 unspecified atom stereocenters. The number of hydrogen-bond donors (Lipinski definition) is 1. The van der Waals surface area contributed by atoms with Crippen molar-refractivity contribution in [2.75, 3.05) is 19.7 Å². The van der Waals surface area contributed by atoms with Gasteiger partial charge in [0.15, 0.2) is 0 Å². The lowest BCUT2D eigenvalue weighted by Gasteiger charge is -2.33. The standard InChI is InChI=1S/C22H22F4N2O2/c1-21(2)18-9-14(3-4-17(18)20(29)27-21)19-12-28(5-6-30-19)11-13-7-15(22(24,25)26)10-16(23)8-13/h3-4,7-10,19H,5-6,11-12H2,1-2H3,(H,27,29)/t19-/m1/s1. The molecule has 0 bridgehead atoms. The Kier molecular flexibility index (Phi) is 5.10. The van der Waals surface area contributed by atoms with E-state index in [1.165, 1.54) is 0 Å². The zero-order valence-corrected chi connectivity index (χ0v) is 16.6. The molecule has 0 saturated carbocycles. The van der Waals surface area contributed by atoms with Crippen molar-refractivity contribution in [2.24, 2.45) is 0 Å². The van der Waals surface area contributed by atoms with E-state index in [1.54, 1.807) is 6.07 Å². The number of nitrogens with one attached hydrogen (secondary N) is 1. The van der Waals surface area contributed by atoms with Crippen LogP contribution in [0, 0.1) is 5.82 Å². The summed E-state index contributed by atoms with van der Waals surface area (Å²) in [6.07, 6.45) is -4.88. The number of fused-ring (bicyclic) bond motifs is 1. The van der Waals surface area contributed by atoms with Crippen LogP contribution in [-0.2, 0) is 23.0 Å². The van der Waals surface area contributed by atoms with Gasteiger partial charge < -0.3 is 10.1 Å². The Labute approximate surface area is 171 Å². The molecule has 30 heavy (non-hydrogen) atoms. The van der Waals surface area contributed by atoms with Gasteiger partial charge in [-0.2, -0.15) is 13.2 Å². The Balaban J connectivity index is 1.53. The first-order valence-electron chi connectivity index (χ1n) is 9.70. The van der Waals surface area contributed by atoms with Gasteiger partial charge in [0.25, 0.3) is 5.91 Å². The first-order chi connectivity index (χ1) is 14.0. The van der Waals surface area contributed by atoms with Crippen molar-refractivity contribution in [2.45, 2.75) is 38.2 Å². The molecule has 1 fully saturated rings. The Morgan fingerprint density at radius 2 is 1.97 bits per heavy atom. The predicted molar refractivity (Wildman–Crippen MR) is 102 cm³/mol. The summed E-state index contributed by atoms with van der Waals surface area (Å²) in [5, 5.41) is 2.94. The van der Waals surface area contributed by atoms with Gasteiger partial charge >= 0.3 is 6.18 Å². The number of nitrogens with zero attached hydrogens (tertiary/aromatic N) is 1. The van der Waals surface area contributed by atoms with Crippen molar-refractivity contribution in [3.8, 4) is 0 Å². The van der Waals surface area contributed by atoms with E-state index in [9.17, 15) is 22.4 Å². The highest BCUT2D eigenvalue weighted by atomic mass is 19.4.